The second-order valence-corrected chi connectivity index (χ2v) is 5.66. The molecule has 0 spiro atoms. The second kappa shape index (κ2) is 5.33. The Morgan fingerprint density at radius 3 is 2.76 bits per heavy atom. The number of carbonyl (C=O) groups is 1. The van der Waals surface area contributed by atoms with Crippen LogP contribution in [0.4, 0.5) is 4.39 Å². The zero-order chi connectivity index (χ0) is 15.0. The smallest absolute Gasteiger partial charge is 0.307 e. The third kappa shape index (κ3) is 2.69. The van der Waals surface area contributed by atoms with Crippen LogP contribution in [-0.2, 0) is 11.2 Å². The second-order valence-electron chi connectivity index (χ2n) is 4.75. The van der Waals surface area contributed by atoms with Gasteiger partial charge in [0.05, 0.1) is 12.1 Å². The Bertz CT molecular complexity index is 841. The quantitative estimate of drug-likeness (QED) is 0.739. The van der Waals surface area contributed by atoms with Crippen LogP contribution >= 0.6 is 15.9 Å². The summed E-state index contributed by atoms with van der Waals surface area (Å²) in [6.45, 7) is 0. The number of rotatable bonds is 3. The fourth-order valence-corrected chi connectivity index (χ4v) is 2.84. The molecule has 1 aromatic heterocycles. The molecule has 5 heteroatoms. The van der Waals surface area contributed by atoms with Crippen molar-refractivity contribution in [1.29, 1.82) is 0 Å². The van der Waals surface area contributed by atoms with Gasteiger partial charge in [0, 0.05) is 15.4 Å². The normalized spacial score (nSPS) is 11.0. The molecule has 0 aliphatic carbocycles. The highest BCUT2D eigenvalue weighted by Crippen LogP contribution is 2.32. The van der Waals surface area contributed by atoms with E-state index in [1.807, 2.05) is 24.3 Å². The highest BCUT2D eigenvalue weighted by atomic mass is 79.9. The maximum absolute atomic E-state index is 13.5. The summed E-state index contributed by atoms with van der Waals surface area (Å²) in [6.07, 6.45) is -0.161. The maximum atomic E-state index is 13.5. The topological polar surface area (TPSA) is 53.1 Å². The molecular weight excluding hydrogens is 337 g/mol. The number of aromatic nitrogens is 1. The Kier molecular flexibility index (Phi) is 3.51. The van der Waals surface area contributed by atoms with Crippen molar-refractivity contribution >= 4 is 32.8 Å². The molecule has 3 nitrogen and oxygen atoms in total. The average Bonchev–Trinajstić information content (AvgIpc) is 2.76. The predicted octanol–water partition coefficient (Wildman–Crippen LogP) is 4.36. The molecule has 0 aliphatic rings. The van der Waals surface area contributed by atoms with Crippen molar-refractivity contribution in [1.82, 2.24) is 4.98 Å². The van der Waals surface area contributed by atoms with Gasteiger partial charge in [0.25, 0.3) is 0 Å². The van der Waals surface area contributed by atoms with Crippen molar-refractivity contribution in [2.24, 2.45) is 0 Å². The van der Waals surface area contributed by atoms with Crippen LogP contribution in [0.2, 0.25) is 0 Å². The van der Waals surface area contributed by atoms with Gasteiger partial charge in [-0.3, -0.25) is 4.79 Å². The van der Waals surface area contributed by atoms with E-state index in [9.17, 15) is 9.18 Å². The van der Waals surface area contributed by atoms with Gasteiger partial charge < -0.3 is 10.1 Å². The molecule has 0 amide bonds. The van der Waals surface area contributed by atoms with Gasteiger partial charge in [-0.05, 0) is 41.5 Å². The lowest BCUT2D eigenvalue weighted by atomic mass is 10.0. The van der Waals surface area contributed by atoms with E-state index < -0.39 is 5.97 Å². The van der Waals surface area contributed by atoms with Gasteiger partial charge >= 0.3 is 5.97 Å². The van der Waals surface area contributed by atoms with Crippen LogP contribution in [-0.4, -0.2) is 16.1 Å². The van der Waals surface area contributed by atoms with Crippen molar-refractivity contribution in [2.45, 2.75) is 6.42 Å². The number of halogens is 2. The van der Waals surface area contributed by atoms with E-state index >= 15 is 0 Å². The number of aliphatic carboxylic acids is 1. The molecule has 0 aliphatic heterocycles. The Balaban J connectivity index is 2.28. The lowest BCUT2D eigenvalue weighted by Crippen LogP contribution is -2.01. The standard InChI is InChI=1S/C16H11BrFNO2/c17-10-3-1-2-9(6-10)16-13(8-15(20)21)12-7-11(18)4-5-14(12)19-16/h1-7,19H,8H2,(H,20,21). The van der Waals surface area contributed by atoms with Gasteiger partial charge in [0.15, 0.2) is 0 Å². The summed E-state index contributed by atoms with van der Waals surface area (Å²) < 4.78 is 14.4. The minimum Gasteiger partial charge on any atom is -0.481 e. The molecule has 106 valence electrons. The van der Waals surface area contributed by atoms with Crippen molar-refractivity contribution in [3.8, 4) is 11.3 Å². The summed E-state index contributed by atoms with van der Waals surface area (Å²) >= 11 is 3.40. The van der Waals surface area contributed by atoms with E-state index in [0.29, 0.717) is 16.6 Å². The molecule has 21 heavy (non-hydrogen) atoms. The minimum absolute atomic E-state index is 0.161. The maximum Gasteiger partial charge on any atom is 0.307 e. The number of hydrogen-bond acceptors (Lipinski definition) is 1. The highest BCUT2D eigenvalue weighted by Gasteiger charge is 2.16. The largest absolute Gasteiger partial charge is 0.481 e. The summed E-state index contributed by atoms with van der Waals surface area (Å²) in [6, 6.07) is 11.9. The van der Waals surface area contributed by atoms with E-state index in [1.54, 1.807) is 6.07 Å². The van der Waals surface area contributed by atoms with Crippen molar-refractivity contribution in [3.05, 3.63) is 58.3 Å². The van der Waals surface area contributed by atoms with Crippen molar-refractivity contribution in [2.75, 3.05) is 0 Å². The molecule has 3 aromatic rings. The lowest BCUT2D eigenvalue weighted by molar-refractivity contribution is -0.136. The van der Waals surface area contributed by atoms with E-state index in [1.165, 1.54) is 12.1 Å². The third-order valence-corrected chi connectivity index (χ3v) is 3.80. The van der Waals surface area contributed by atoms with E-state index in [-0.39, 0.29) is 12.2 Å². The van der Waals surface area contributed by atoms with Gasteiger partial charge in [0.1, 0.15) is 5.82 Å². The number of H-pyrrole nitrogens is 1. The minimum atomic E-state index is -0.948. The highest BCUT2D eigenvalue weighted by molar-refractivity contribution is 9.10. The third-order valence-electron chi connectivity index (χ3n) is 3.31. The van der Waals surface area contributed by atoms with Crippen LogP contribution in [0, 0.1) is 5.82 Å². The number of carboxylic acid groups (broad SMARTS) is 1. The van der Waals surface area contributed by atoms with Crippen molar-refractivity contribution in [3.63, 3.8) is 0 Å². The van der Waals surface area contributed by atoms with Gasteiger partial charge in [0.2, 0.25) is 0 Å². The average molecular weight is 348 g/mol. The van der Waals surface area contributed by atoms with Crippen LogP contribution in [0.1, 0.15) is 5.56 Å². The first-order chi connectivity index (χ1) is 10.0. The first-order valence-corrected chi connectivity index (χ1v) is 7.12. The summed E-state index contributed by atoms with van der Waals surface area (Å²) in [4.78, 5) is 14.3. The first kappa shape index (κ1) is 13.8. The molecule has 2 N–H and O–H groups in total. The molecule has 0 saturated carbocycles. The molecule has 0 atom stereocenters. The SMILES string of the molecule is O=C(O)Cc1c(-c2cccc(Br)c2)[nH]c2ccc(F)cc12. The van der Waals surface area contributed by atoms with E-state index in [0.717, 1.165) is 15.6 Å². The fraction of sp³-hybridized carbons (Fsp3) is 0.0625. The van der Waals surface area contributed by atoms with Crippen LogP contribution in [0.15, 0.2) is 46.9 Å². The summed E-state index contributed by atoms with van der Waals surface area (Å²) in [7, 11) is 0. The molecule has 0 saturated heterocycles. The van der Waals surface area contributed by atoms with Gasteiger partial charge in [-0.1, -0.05) is 28.1 Å². The molecular formula is C16H11BrFNO2. The van der Waals surface area contributed by atoms with Gasteiger partial charge in [-0.15, -0.1) is 0 Å². The van der Waals surface area contributed by atoms with E-state index in [2.05, 4.69) is 20.9 Å². The van der Waals surface area contributed by atoms with Crippen LogP contribution in [0.25, 0.3) is 22.2 Å². The van der Waals surface area contributed by atoms with Crippen LogP contribution in [0.3, 0.4) is 0 Å². The molecule has 0 radical (unpaired) electrons. The Labute approximate surface area is 128 Å². The number of fused-ring (bicyclic) bond motifs is 1. The predicted molar refractivity (Wildman–Crippen MR) is 82.7 cm³/mol. The number of aromatic amines is 1. The molecule has 1 heterocycles. The van der Waals surface area contributed by atoms with Crippen molar-refractivity contribution < 1.29 is 14.3 Å². The van der Waals surface area contributed by atoms with Gasteiger partial charge in [-0.2, -0.15) is 0 Å². The van der Waals surface area contributed by atoms with E-state index in [4.69, 9.17) is 5.11 Å². The molecule has 0 unspecified atom stereocenters. The summed E-state index contributed by atoms with van der Waals surface area (Å²) in [5.74, 6) is -1.33. The fourth-order valence-electron chi connectivity index (χ4n) is 2.45. The summed E-state index contributed by atoms with van der Waals surface area (Å²) in [5.41, 5.74) is 2.88. The molecule has 3 rings (SSSR count). The summed E-state index contributed by atoms with van der Waals surface area (Å²) in [5, 5.41) is 9.73. The number of benzene rings is 2. The van der Waals surface area contributed by atoms with Gasteiger partial charge in [-0.25, -0.2) is 4.39 Å². The van der Waals surface area contributed by atoms with Crippen LogP contribution in [0.5, 0.6) is 0 Å². The number of nitrogens with one attached hydrogen (secondary N) is 1. The number of hydrogen-bond donors (Lipinski definition) is 2. The Morgan fingerprint density at radius 2 is 2.05 bits per heavy atom. The Morgan fingerprint density at radius 1 is 1.24 bits per heavy atom. The zero-order valence-corrected chi connectivity index (χ0v) is 12.4. The zero-order valence-electron chi connectivity index (χ0n) is 10.9. The molecule has 2 aromatic carbocycles. The Hall–Kier alpha value is -2.14. The molecule has 0 fully saturated rings. The molecule has 0 bridgehead atoms. The van der Waals surface area contributed by atoms with Crippen LogP contribution < -0.4 is 0 Å². The first-order valence-electron chi connectivity index (χ1n) is 6.32. The lowest BCUT2D eigenvalue weighted by Gasteiger charge is -2.03. The number of carboxylic acids is 1. The monoisotopic (exact) mass is 347 g/mol.